The number of nitrogens with one attached hydrogen (secondary N) is 1. The highest BCUT2D eigenvalue weighted by atomic mass is 35.5. The number of allylic oxidation sites excluding steroid dienone is 1. The van der Waals surface area contributed by atoms with Gasteiger partial charge in [0.05, 0.1) is 17.4 Å². The van der Waals surface area contributed by atoms with Crippen LogP contribution in [0.3, 0.4) is 0 Å². The van der Waals surface area contributed by atoms with E-state index >= 15 is 0 Å². The molecule has 2 N–H and O–H groups in total. The number of fused-ring (bicyclic) bond motifs is 2. The van der Waals surface area contributed by atoms with E-state index in [1.54, 1.807) is 0 Å². The topological polar surface area (TPSA) is 87.5 Å². The van der Waals surface area contributed by atoms with Crippen molar-refractivity contribution in [2.75, 3.05) is 31.7 Å². The van der Waals surface area contributed by atoms with Gasteiger partial charge in [0, 0.05) is 37.4 Å². The number of aromatic carboxylic acids is 1. The summed E-state index contributed by atoms with van der Waals surface area (Å²) in [5.74, 6) is 0.0619. The van der Waals surface area contributed by atoms with E-state index in [9.17, 15) is 19.1 Å². The van der Waals surface area contributed by atoms with Gasteiger partial charge in [-0.25, -0.2) is 14.2 Å². The number of hydrogen-bond acceptors (Lipinski definition) is 5. The number of rotatable bonds is 5. The summed E-state index contributed by atoms with van der Waals surface area (Å²) < 4.78 is 14.5. The van der Waals surface area contributed by atoms with Gasteiger partial charge in [0.15, 0.2) is 0 Å². The van der Waals surface area contributed by atoms with Gasteiger partial charge in [0.1, 0.15) is 23.1 Å². The molecule has 2 aromatic rings. The Balaban J connectivity index is 1.81. The van der Waals surface area contributed by atoms with Crippen LogP contribution in [-0.4, -0.2) is 53.5 Å². The maximum atomic E-state index is 13.1. The van der Waals surface area contributed by atoms with E-state index in [2.05, 4.69) is 27.4 Å². The van der Waals surface area contributed by atoms with Gasteiger partial charge in [-0.1, -0.05) is 23.8 Å². The van der Waals surface area contributed by atoms with Crippen LogP contribution in [0.15, 0.2) is 29.3 Å². The molecule has 0 spiro atoms. The van der Waals surface area contributed by atoms with E-state index in [0.717, 1.165) is 25.7 Å². The molecule has 1 aliphatic carbocycles. The number of hydrogen-bond donors (Lipinski definition) is 2. The highest BCUT2D eigenvalue weighted by Crippen LogP contribution is 2.39. The van der Waals surface area contributed by atoms with Crippen molar-refractivity contribution in [2.24, 2.45) is 11.8 Å². The fraction of sp³-hybridized carbons (Fsp3) is 0.450. The molecule has 0 aromatic carbocycles. The molecule has 0 radical (unpaired) electrons. The Morgan fingerprint density at radius 3 is 2.93 bits per heavy atom. The summed E-state index contributed by atoms with van der Waals surface area (Å²) >= 11 is 6.67. The van der Waals surface area contributed by atoms with Gasteiger partial charge in [-0.05, 0) is 19.4 Å². The highest BCUT2D eigenvalue weighted by Gasteiger charge is 2.39. The second-order valence-corrected chi connectivity index (χ2v) is 7.90. The second kappa shape index (κ2) is 7.76. The SMILES string of the molecule is CN[C@@H]1C=CC[C@@H]2CN(c3ncc4c(=O)c(C(=O)O)cn(CCF)c4c3Cl)C[C@@H]21. The van der Waals surface area contributed by atoms with Gasteiger partial charge in [0.2, 0.25) is 5.43 Å². The zero-order valence-corrected chi connectivity index (χ0v) is 16.7. The predicted molar refractivity (Wildman–Crippen MR) is 110 cm³/mol. The van der Waals surface area contributed by atoms with Gasteiger partial charge in [-0.2, -0.15) is 0 Å². The average molecular weight is 421 g/mol. The summed E-state index contributed by atoms with van der Waals surface area (Å²) in [4.78, 5) is 30.5. The Hall–Kier alpha value is -2.45. The number of halogens is 2. The average Bonchev–Trinajstić information content (AvgIpc) is 3.14. The van der Waals surface area contributed by atoms with Crippen LogP contribution in [0.4, 0.5) is 10.2 Å². The first-order valence-electron chi connectivity index (χ1n) is 9.56. The van der Waals surface area contributed by atoms with Crippen LogP contribution in [0.1, 0.15) is 16.8 Å². The van der Waals surface area contributed by atoms with Crippen LogP contribution in [-0.2, 0) is 6.54 Å². The van der Waals surface area contributed by atoms with Crippen LogP contribution in [0.2, 0.25) is 5.02 Å². The molecule has 0 unspecified atom stereocenters. The van der Waals surface area contributed by atoms with Gasteiger partial charge in [-0.3, -0.25) is 4.79 Å². The molecule has 1 saturated heterocycles. The summed E-state index contributed by atoms with van der Waals surface area (Å²) in [6.07, 6.45) is 7.88. The fourth-order valence-electron chi connectivity index (χ4n) is 4.56. The van der Waals surface area contributed by atoms with E-state index in [4.69, 9.17) is 11.6 Å². The summed E-state index contributed by atoms with van der Waals surface area (Å²) in [7, 11) is 1.94. The first kappa shape index (κ1) is 19.8. The third-order valence-electron chi connectivity index (χ3n) is 5.96. The van der Waals surface area contributed by atoms with Crippen molar-refractivity contribution in [3.63, 3.8) is 0 Å². The molecule has 2 aromatic heterocycles. The second-order valence-electron chi connectivity index (χ2n) is 7.52. The Morgan fingerprint density at radius 2 is 2.24 bits per heavy atom. The number of likely N-dealkylation sites (N-methyl/N-ethyl adjacent to an activating group) is 1. The van der Waals surface area contributed by atoms with Crippen molar-refractivity contribution in [1.82, 2.24) is 14.9 Å². The number of carboxylic acids is 1. The summed E-state index contributed by atoms with van der Waals surface area (Å²) in [6.45, 7) is 0.733. The molecular formula is C20H22ClFN4O3. The molecule has 3 atom stereocenters. The van der Waals surface area contributed by atoms with E-state index in [1.807, 2.05) is 7.05 Å². The molecule has 154 valence electrons. The zero-order valence-electron chi connectivity index (χ0n) is 15.9. The van der Waals surface area contributed by atoms with Crippen LogP contribution in [0, 0.1) is 11.8 Å². The normalized spacial score (nSPS) is 23.6. The summed E-state index contributed by atoms with van der Waals surface area (Å²) in [6, 6.07) is 0.279. The molecule has 7 nitrogen and oxygen atoms in total. The van der Waals surface area contributed by atoms with Gasteiger partial charge in [0.25, 0.3) is 0 Å². The van der Waals surface area contributed by atoms with E-state index in [1.165, 1.54) is 10.8 Å². The largest absolute Gasteiger partial charge is 0.477 e. The number of alkyl halides is 1. The molecule has 9 heteroatoms. The Bertz CT molecular complexity index is 1050. The molecule has 1 fully saturated rings. The lowest BCUT2D eigenvalue weighted by molar-refractivity contribution is 0.0694. The minimum Gasteiger partial charge on any atom is -0.477 e. The van der Waals surface area contributed by atoms with E-state index < -0.39 is 23.6 Å². The number of anilines is 1. The van der Waals surface area contributed by atoms with Crippen LogP contribution in [0.5, 0.6) is 0 Å². The standard InChI is InChI=1S/C20H22ClFN4O3/c1-23-15-4-2-3-11-8-26(9-13(11)15)19-16(21)17-12(7-24-19)18(27)14(20(28)29)10-25(17)6-5-22/h2,4,7,10-11,13,15,23H,3,5-6,8-9H2,1H3,(H,28,29)/t11-,13+,15-/m1/s1. The Morgan fingerprint density at radius 1 is 1.45 bits per heavy atom. The lowest BCUT2D eigenvalue weighted by atomic mass is 9.82. The fourth-order valence-corrected chi connectivity index (χ4v) is 4.94. The van der Waals surface area contributed by atoms with Gasteiger partial charge >= 0.3 is 5.97 Å². The number of aromatic nitrogens is 2. The molecule has 29 heavy (non-hydrogen) atoms. The van der Waals surface area contributed by atoms with Crippen LogP contribution < -0.4 is 15.6 Å². The number of pyridine rings is 2. The van der Waals surface area contributed by atoms with E-state index in [0.29, 0.717) is 23.2 Å². The molecular weight excluding hydrogens is 399 g/mol. The summed E-state index contributed by atoms with van der Waals surface area (Å²) in [5, 5.41) is 13.0. The van der Waals surface area contributed by atoms with E-state index in [-0.39, 0.29) is 23.0 Å². The van der Waals surface area contributed by atoms with Crippen LogP contribution in [0.25, 0.3) is 10.9 Å². The lowest BCUT2D eigenvalue weighted by Crippen LogP contribution is -2.38. The smallest absolute Gasteiger partial charge is 0.341 e. The van der Waals surface area contributed by atoms with Crippen molar-refractivity contribution < 1.29 is 14.3 Å². The third-order valence-corrected chi connectivity index (χ3v) is 6.31. The number of aryl methyl sites for hydroxylation is 1. The predicted octanol–water partition coefficient (Wildman–Crippen LogP) is 2.32. The Labute approximate surface area is 171 Å². The molecule has 0 bridgehead atoms. The highest BCUT2D eigenvalue weighted by molar-refractivity contribution is 6.37. The van der Waals surface area contributed by atoms with Crippen molar-refractivity contribution in [3.8, 4) is 0 Å². The minimum absolute atomic E-state index is 0.0819. The third kappa shape index (κ3) is 3.30. The van der Waals surface area contributed by atoms with Crippen molar-refractivity contribution in [1.29, 1.82) is 0 Å². The number of carboxylic acid groups (broad SMARTS) is 1. The van der Waals surface area contributed by atoms with Crippen LogP contribution >= 0.6 is 11.6 Å². The van der Waals surface area contributed by atoms with Crippen molar-refractivity contribution in [2.45, 2.75) is 19.0 Å². The molecule has 0 saturated carbocycles. The van der Waals surface area contributed by atoms with Crippen molar-refractivity contribution >= 4 is 34.3 Å². The number of carbonyl (C=O) groups is 1. The molecule has 3 heterocycles. The molecule has 0 amide bonds. The van der Waals surface area contributed by atoms with Gasteiger partial charge < -0.3 is 19.9 Å². The first-order chi connectivity index (χ1) is 14.0. The monoisotopic (exact) mass is 420 g/mol. The maximum Gasteiger partial charge on any atom is 0.341 e. The lowest BCUT2D eigenvalue weighted by Gasteiger charge is -2.28. The maximum absolute atomic E-state index is 13.1. The molecule has 2 aliphatic rings. The first-order valence-corrected chi connectivity index (χ1v) is 9.93. The minimum atomic E-state index is -1.36. The quantitative estimate of drug-likeness (QED) is 0.722. The Kier molecular flexibility index (Phi) is 5.31. The zero-order chi connectivity index (χ0) is 20.7. The summed E-state index contributed by atoms with van der Waals surface area (Å²) in [5.41, 5.74) is -0.771. The molecule has 1 aliphatic heterocycles. The molecule has 4 rings (SSSR count). The number of nitrogens with zero attached hydrogens (tertiary/aromatic N) is 3. The van der Waals surface area contributed by atoms with Gasteiger partial charge in [-0.15, -0.1) is 0 Å². The van der Waals surface area contributed by atoms with Crippen molar-refractivity contribution in [3.05, 3.63) is 45.4 Å².